The Morgan fingerprint density at radius 3 is 2.90 bits per heavy atom. The highest BCUT2D eigenvalue weighted by atomic mass is 16.7. The van der Waals surface area contributed by atoms with Crippen molar-refractivity contribution in [2.24, 2.45) is 0 Å². The van der Waals surface area contributed by atoms with Crippen molar-refractivity contribution in [1.29, 1.82) is 0 Å². The summed E-state index contributed by atoms with van der Waals surface area (Å²) in [6.45, 7) is 4.61. The molecule has 3 aromatic heterocycles. The molecule has 1 N–H and O–H groups in total. The summed E-state index contributed by atoms with van der Waals surface area (Å²) in [6.07, 6.45) is 2.52. The summed E-state index contributed by atoms with van der Waals surface area (Å²) in [6, 6.07) is 9.36. The van der Waals surface area contributed by atoms with Crippen molar-refractivity contribution in [2.75, 3.05) is 6.79 Å². The van der Waals surface area contributed by atoms with Crippen LogP contribution in [0.1, 0.15) is 28.9 Å². The zero-order chi connectivity index (χ0) is 21.4. The summed E-state index contributed by atoms with van der Waals surface area (Å²) in [7, 11) is 0. The van der Waals surface area contributed by atoms with Crippen molar-refractivity contribution in [1.82, 2.24) is 34.9 Å². The first-order valence-electron chi connectivity index (χ1n) is 9.96. The van der Waals surface area contributed by atoms with Gasteiger partial charge in [-0.05, 0) is 55.7 Å². The summed E-state index contributed by atoms with van der Waals surface area (Å²) in [5, 5.41) is 19.9. The first-order valence-corrected chi connectivity index (χ1v) is 9.96. The normalized spacial score (nSPS) is 12.5. The number of nitrogens with one attached hydrogen (secondary N) is 1. The molecular formula is C21H21N7O3. The molecule has 1 aromatic carbocycles. The van der Waals surface area contributed by atoms with Crippen LogP contribution in [0.3, 0.4) is 0 Å². The van der Waals surface area contributed by atoms with Crippen molar-refractivity contribution < 1.29 is 14.3 Å². The fourth-order valence-corrected chi connectivity index (χ4v) is 3.67. The van der Waals surface area contributed by atoms with Crippen molar-refractivity contribution in [3.05, 3.63) is 59.2 Å². The van der Waals surface area contributed by atoms with Gasteiger partial charge in [-0.1, -0.05) is 6.07 Å². The molecule has 31 heavy (non-hydrogen) atoms. The van der Waals surface area contributed by atoms with Gasteiger partial charge in [0.2, 0.25) is 12.7 Å². The molecule has 0 fully saturated rings. The van der Waals surface area contributed by atoms with Gasteiger partial charge in [-0.15, -0.1) is 15.3 Å². The van der Waals surface area contributed by atoms with E-state index in [0.29, 0.717) is 36.6 Å². The lowest BCUT2D eigenvalue weighted by atomic mass is 10.1. The van der Waals surface area contributed by atoms with E-state index in [1.54, 1.807) is 15.5 Å². The maximum Gasteiger partial charge on any atom is 0.231 e. The number of hydrogen-bond donors (Lipinski definition) is 1. The molecule has 4 heterocycles. The van der Waals surface area contributed by atoms with Gasteiger partial charge in [0.1, 0.15) is 6.33 Å². The molecule has 10 nitrogen and oxygen atoms in total. The third-order valence-corrected chi connectivity index (χ3v) is 5.33. The van der Waals surface area contributed by atoms with Gasteiger partial charge in [0, 0.05) is 18.7 Å². The second-order valence-electron chi connectivity index (χ2n) is 7.35. The van der Waals surface area contributed by atoms with E-state index in [0.717, 1.165) is 28.3 Å². The van der Waals surface area contributed by atoms with Crippen LogP contribution in [-0.4, -0.2) is 42.3 Å². The van der Waals surface area contributed by atoms with Crippen LogP contribution in [0.2, 0.25) is 0 Å². The fraction of sp³-hybridized carbons (Fsp3) is 0.286. The van der Waals surface area contributed by atoms with Crippen molar-refractivity contribution in [3.8, 4) is 17.3 Å². The molecule has 0 saturated heterocycles. The number of rotatable bonds is 6. The number of benzene rings is 1. The minimum absolute atomic E-state index is 0.0201. The Morgan fingerprint density at radius 2 is 2.00 bits per heavy atom. The van der Waals surface area contributed by atoms with E-state index in [1.165, 1.54) is 0 Å². The smallest absolute Gasteiger partial charge is 0.231 e. The van der Waals surface area contributed by atoms with Gasteiger partial charge >= 0.3 is 0 Å². The van der Waals surface area contributed by atoms with Gasteiger partial charge in [0.25, 0.3) is 0 Å². The fourth-order valence-electron chi connectivity index (χ4n) is 3.67. The van der Waals surface area contributed by atoms with Gasteiger partial charge in [0.05, 0.1) is 5.69 Å². The first kappa shape index (κ1) is 19.0. The number of carbonyl (C=O) groups excluding carboxylic acids is 1. The SMILES string of the molecule is Cc1nn(-c2ccc3nncn3n2)c(C)c1CCC(=O)NCc1ccc2c(c1)OCO2. The van der Waals surface area contributed by atoms with Crippen LogP contribution in [0, 0.1) is 13.8 Å². The topological polar surface area (TPSA) is 108 Å². The zero-order valence-corrected chi connectivity index (χ0v) is 17.2. The Labute approximate surface area is 177 Å². The van der Waals surface area contributed by atoms with Crippen LogP contribution in [0.5, 0.6) is 11.5 Å². The number of ether oxygens (including phenoxy) is 2. The molecule has 0 bridgehead atoms. The average Bonchev–Trinajstić information content (AvgIpc) is 3.49. The molecule has 0 aliphatic carbocycles. The molecule has 0 radical (unpaired) electrons. The number of fused-ring (bicyclic) bond motifs is 2. The van der Waals surface area contributed by atoms with Gasteiger partial charge in [-0.3, -0.25) is 4.79 Å². The van der Waals surface area contributed by atoms with E-state index in [1.807, 2.05) is 44.2 Å². The van der Waals surface area contributed by atoms with Crippen LogP contribution in [0.4, 0.5) is 0 Å². The van der Waals surface area contributed by atoms with Gasteiger partial charge in [0.15, 0.2) is 23.0 Å². The van der Waals surface area contributed by atoms with E-state index in [-0.39, 0.29) is 12.7 Å². The second kappa shape index (κ2) is 7.71. The molecule has 0 saturated carbocycles. The molecular weight excluding hydrogens is 398 g/mol. The quantitative estimate of drug-likeness (QED) is 0.508. The average molecular weight is 419 g/mol. The molecule has 10 heteroatoms. The predicted octanol–water partition coefficient (Wildman–Crippen LogP) is 1.90. The van der Waals surface area contributed by atoms with Gasteiger partial charge in [-0.25, -0.2) is 4.68 Å². The molecule has 0 atom stereocenters. The maximum absolute atomic E-state index is 12.4. The van der Waals surface area contributed by atoms with Gasteiger partial charge < -0.3 is 14.8 Å². The lowest BCUT2D eigenvalue weighted by Crippen LogP contribution is -2.23. The maximum atomic E-state index is 12.4. The van der Waals surface area contributed by atoms with Crippen molar-refractivity contribution in [2.45, 2.75) is 33.2 Å². The monoisotopic (exact) mass is 419 g/mol. The van der Waals surface area contributed by atoms with E-state index in [2.05, 4.69) is 25.7 Å². The summed E-state index contributed by atoms with van der Waals surface area (Å²) in [5.41, 5.74) is 4.52. The lowest BCUT2D eigenvalue weighted by Gasteiger charge is -2.07. The number of aromatic nitrogens is 6. The molecule has 4 aromatic rings. The Kier molecular flexibility index (Phi) is 4.73. The van der Waals surface area contributed by atoms with Crippen molar-refractivity contribution in [3.63, 3.8) is 0 Å². The van der Waals surface area contributed by atoms with E-state index >= 15 is 0 Å². The number of carbonyl (C=O) groups is 1. The van der Waals surface area contributed by atoms with Crippen LogP contribution in [0.25, 0.3) is 11.5 Å². The number of aryl methyl sites for hydroxylation is 1. The number of hydrogen-bond acceptors (Lipinski definition) is 7. The Balaban J connectivity index is 1.23. The Morgan fingerprint density at radius 1 is 1.13 bits per heavy atom. The van der Waals surface area contributed by atoms with Crippen LogP contribution in [-0.2, 0) is 17.8 Å². The largest absolute Gasteiger partial charge is 0.454 e. The highest BCUT2D eigenvalue weighted by Gasteiger charge is 2.16. The van der Waals surface area contributed by atoms with Crippen LogP contribution in [0.15, 0.2) is 36.7 Å². The molecule has 1 amide bonds. The standard InChI is InChI=1S/C21H21N7O3/c1-13-16(14(2)28(25-13)20-7-6-19-24-23-11-27(19)26-20)4-8-21(29)22-10-15-3-5-17-18(9-15)31-12-30-17/h3,5-7,9,11H,4,8,10,12H2,1-2H3,(H,22,29). The van der Waals surface area contributed by atoms with E-state index < -0.39 is 0 Å². The van der Waals surface area contributed by atoms with E-state index in [4.69, 9.17) is 9.47 Å². The second-order valence-corrected chi connectivity index (χ2v) is 7.35. The highest BCUT2D eigenvalue weighted by Crippen LogP contribution is 2.32. The Bertz CT molecular complexity index is 1280. The van der Waals surface area contributed by atoms with Crippen LogP contribution < -0.4 is 14.8 Å². The Hall–Kier alpha value is -3.95. The van der Waals surface area contributed by atoms with E-state index in [9.17, 15) is 4.79 Å². The minimum atomic E-state index is -0.0201. The molecule has 0 spiro atoms. The molecule has 1 aliphatic heterocycles. The molecule has 0 unspecified atom stereocenters. The summed E-state index contributed by atoms with van der Waals surface area (Å²) >= 11 is 0. The first-order chi connectivity index (χ1) is 15.1. The van der Waals surface area contributed by atoms with Crippen molar-refractivity contribution >= 4 is 11.6 Å². The third-order valence-electron chi connectivity index (χ3n) is 5.33. The van der Waals surface area contributed by atoms with Crippen LogP contribution >= 0.6 is 0 Å². The minimum Gasteiger partial charge on any atom is -0.454 e. The summed E-state index contributed by atoms with van der Waals surface area (Å²) < 4.78 is 14.1. The number of nitrogens with zero attached hydrogens (tertiary/aromatic N) is 6. The molecule has 5 rings (SSSR count). The number of amides is 1. The van der Waals surface area contributed by atoms with Gasteiger partial charge in [-0.2, -0.15) is 9.61 Å². The molecule has 158 valence electrons. The lowest BCUT2D eigenvalue weighted by molar-refractivity contribution is -0.121. The zero-order valence-electron chi connectivity index (χ0n) is 17.2. The summed E-state index contributed by atoms with van der Waals surface area (Å²) in [5.74, 6) is 2.10. The highest BCUT2D eigenvalue weighted by molar-refractivity contribution is 5.76. The molecule has 1 aliphatic rings. The third kappa shape index (κ3) is 3.67. The summed E-state index contributed by atoms with van der Waals surface area (Å²) in [4.78, 5) is 12.4. The predicted molar refractivity (Wildman–Crippen MR) is 110 cm³/mol.